The second-order valence-corrected chi connectivity index (χ2v) is 1.13. The standard InChI is InChI=1S/C3H12N4/c1-6-7(2-4)3-5/h6H,2-5H2,1H3. The van der Waals surface area contributed by atoms with Crippen molar-refractivity contribution in [3.63, 3.8) is 0 Å². The molecule has 0 saturated carbocycles. The molecular weight excluding hydrogens is 92.1 g/mol. The smallest absolute Gasteiger partial charge is 0.0610 e. The zero-order valence-electron chi connectivity index (χ0n) is 4.52. The number of hydrazine groups is 1. The molecule has 0 atom stereocenters. The molecule has 0 unspecified atom stereocenters. The van der Waals surface area contributed by atoms with Gasteiger partial charge in [-0.2, -0.15) is 0 Å². The third kappa shape index (κ3) is 2.52. The number of nitrogens with two attached hydrogens (primary N) is 2. The van der Waals surface area contributed by atoms with Gasteiger partial charge in [-0.25, -0.2) is 5.01 Å². The van der Waals surface area contributed by atoms with Crippen LogP contribution in [0.1, 0.15) is 0 Å². The van der Waals surface area contributed by atoms with E-state index in [1.807, 2.05) is 0 Å². The van der Waals surface area contributed by atoms with Crippen LogP contribution in [0.2, 0.25) is 0 Å². The zero-order valence-corrected chi connectivity index (χ0v) is 4.52. The fourth-order valence-corrected chi connectivity index (χ4v) is 0.257. The quantitative estimate of drug-likeness (QED) is 0.293. The van der Waals surface area contributed by atoms with Gasteiger partial charge in [-0.3, -0.25) is 5.43 Å². The highest BCUT2D eigenvalue weighted by molar-refractivity contribution is 4.33. The van der Waals surface area contributed by atoms with Crippen LogP contribution >= 0.6 is 0 Å². The van der Waals surface area contributed by atoms with Crippen molar-refractivity contribution < 1.29 is 0 Å². The normalized spacial score (nSPS) is 10.3. The Morgan fingerprint density at radius 1 is 1.43 bits per heavy atom. The maximum atomic E-state index is 5.18. The third-order valence-electron chi connectivity index (χ3n) is 0.757. The Balaban J connectivity index is 2.99. The Labute approximate surface area is 43.4 Å². The van der Waals surface area contributed by atoms with Crippen molar-refractivity contribution in [3.8, 4) is 0 Å². The van der Waals surface area contributed by atoms with E-state index in [-0.39, 0.29) is 0 Å². The van der Waals surface area contributed by atoms with Crippen molar-refractivity contribution in [1.82, 2.24) is 10.4 Å². The van der Waals surface area contributed by atoms with E-state index in [1.165, 1.54) is 0 Å². The minimum absolute atomic E-state index is 0.451. The first-order valence-electron chi connectivity index (χ1n) is 2.17. The van der Waals surface area contributed by atoms with E-state index >= 15 is 0 Å². The fourth-order valence-electron chi connectivity index (χ4n) is 0.257. The molecule has 0 aromatic rings. The molecule has 4 nitrogen and oxygen atoms in total. The van der Waals surface area contributed by atoms with Gasteiger partial charge in [0, 0.05) is 0 Å². The predicted molar refractivity (Wildman–Crippen MR) is 29.0 cm³/mol. The van der Waals surface area contributed by atoms with Crippen molar-refractivity contribution >= 4 is 0 Å². The summed E-state index contributed by atoms with van der Waals surface area (Å²) < 4.78 is 0. The van der Waals surface area contributed by atoms with E-state index in [0.717, 1.165) is 0 Å². The van der Waals surface area contributed by atoms with Gasteiger partial charge in [0.05, 0.1) is 13.3 Å². The highest BCUT2D eigenvalue weighted by Crippen LogP contribution is 1.63. The van der Waals surface area contributed by atoms with Gasteiger partial charge in [0.15, 0.2) is 0 Å². The van der Waals surface area contributed by atoms with Gasteiger partial charge in [0.2, 0.25) is 0 Å². The number of hydrogen-bond acceptors (Lipinski definition) is 4. The van der Waals surface area contributed by atoms with Crippen molar-refractivity contribution in [3.05, 3.63) is 0 Å². The third-order valence-corrected chi connectivity index (χ3v) is 0.757. The summed E-state index contributed by atoms with van der Waals surface area (Å²) >= 11 is 0. The van der Waals surface area contributed by atoms with Gasteiger partial charge in [-0.1, -0.05) is 0 Å². The summed E-state index contributed by atoms with van der Waals surface area (Å²) in [5.74, 6) is 0. The monoisotopic (exact) mass is 104 g/mol. The Kier molecular flexibility index (Phi) is 3.92. The van der Waals surface area contributed by atoms with Crippen molar-refractivity contribution in [2.45, 2.75) is 0 Å². The number of rotatable bonds is 3. The van der Waals surface area contributed by atoms with E-state index in [4.69, 9.17) is 11.5 Å². The molecular formula is C3H12N4. The first-order chi connectivity index (χ1) is 3.35. The molecule has 44 valence electrons. The second kappa shape index (κ2) is 4.01. The van der Waals surface area contributed by atoms with Gasteiger partial charge in [-0.15, -0.1) is 0 Å². The fraction of sp³-hybridized carbons (Fsp3) is 1.00. The maximum Gasteiger partial charge on any atom is 0.0610 e. The van der Waals surface area contributed by atoms with E-state index in [1.54, 1.807) is 12.1 Å². The summed E-state index contributed by atoms with van der Waals surface area (Å²) in [6.07, 6.45) is 0. The van der Waals surface area contributed by atoms with Crippen molar-refractivity contribution in [2.24, 2.45) is 11.5 Å². The molecule has 0 fully saturated rings. The Morgan fingerprint density at radius 2 is 1.86 bits per heavy atom. The zero-order chi connectivity index (χ0) is 5.70. The molecule has 0 bridgehead atoms. The minimum atomic E-state index is 0.451. The molecule has 0 aromatic heterocycles. The van der Waals surface area contributed by atoms with Crippen LogP contribution in [0.3, 0.4) is 0 Å². The second-order valence-electron chi connectivity index (χ2n) is 1.13. The largest absolute Gasteiger partial charge is 0.317 e. The molecule has 5 N–H and O–H groups in total. The Bertz CT molecular complexity index is 28.4. The van der Waals surface area contributed by atoms with Crippen LogP contribution in [-0.4, -0.2) is 25.4 Å². The first kappa shape index (κ1) is 6.84. The summed E-state index contributed by atoms with van der Waals surface area (Å²) in [5, 5.41) is 1.68. The molecule has 0 spiro atoms. The first-order valence-corrected chi connectivity index (χ1v) is 2.17. The summed E-state index contributed by atoms with van der Waals surface area (Å²) in [4.78, 5) is 0. The number of nitrogens with one attached hydrogen (secondary N) is 1. The van der Waals surface area contributed by atoms with Crippen LogP contribution in [0.5, 0.6) is 0 Å². The lowest BCUT2D eigenvalue weighted by molar-refractivity contribution is 0.220. The molecule has 0 saturated heterocycles. The van der Waals surface area contributed by atoms with Crippen LogP contribution in [0, 0.1) is 0 Å². The van der Waals surface area contributed by atoms with E-state index in [2.05, 4.69) is 5.43 Å². The lowest BCUT2D eigenvalue weighted by atomic mass is 10.9. The lowest BCUT2D eigenvalue weighted by Crippen LogP contribution is -2.43. The highest BCUT2D eigenvalue weighted by atomic mass is 15.5. The van der Waals surface area contributed by atoms with Gasteiger partial charge >= 0.3 is 0 Å². The molecule has 7 heavy (non-hydrogen) atoms. The van der Waals surface area contributed by atoms with Crippen LogP contribution in [-0.2, 0) is 0 Å². The van der Waals surface area contributed by atoms with Crippen LogP contribution in [0.25, 0.3) is 0 Å². The molecule has 0 rings (SSSR count). The maximum absolute atomic E-state index is 5.18. The number of hydrogen-bond donors (Lipinski definition) is 3. The average molecular weight is 104 g/mol. The molecule has 0 heterocycles. The molecule has 0 aromatic carbocycles. The van der Waals surface area contributed by atoms with Gasteiger partial charge < -0.3 is 11.5 Å². The van der Waals surface area contributed by atoms with Crippen molar-refractivity contribution in [1.29, 1.82) is 0 Å². The topological polar surface area (TPSA) is 67.3 Å². The summed E-state index contributed by atoms with van der Waals surface area (Å²) in [6, 6.07) is 0. The van der Waals surface area contributed by atoms with Crippen LogP contribution in [0.4, 0.5) is 0 Å². The van der Waals surface area contributed by atoms with Gasteiger partial charge in [0.25, 0.3) is 0 Å². The van der Waals surface area contributed by atoms with Crippen molar-refractivity contribution in [2.75, 3.05) is 20.4 Å². The molecule has 0 amide bonds. The highest BCUT2D eigenvalue weighted by Gasteiger charge is 1.88. The SMILES string of the molecule is CNN(CN)CN. The molecule has 0 aliphatic heterocycles. The molecule has 0 aliphatic rings. The Hall–Kier alpha value is -0.160. The van der Waals surface area contributed by atoms with E-state index in [9.17, 15) is 0 Å². The van der Waals surface area contributed by atoms with Gasteiger partial charge in [0.1, 0.15) is 0 Å². The number of nitrogens with zero attached hydrogens (tertiary/aromatic N) is 1. The minimum Gasteiger partial charge on any atom is -0.317 e. The molecule has 0 aliphatic carbocycles. The average Bonchev–Trinajstić information content (AvgIpc) is 1.72. The van der Waals surface area contributed by atoms with E-state index < -0.39 is 0 Å². The molecule has 4 heteroatoms. The summed E-state index contributed by atoms with van der Waals surface area (Å²) in [6.45, 7) is 0.903. The predicted octanol–water partition coefficient (Wildman–Crippen LogP) is -1.74. The summed E-state index contributed by atoms with van der Waals surface area (Å²) in [7, 11) is 1.78. The van der Waals surface area contributed by atoms with Crippen LogP contribution in [0.15, 0.2) is 0 Å². The summed E-state index contributed by atoms with van der Waals surface area (Å²) in [5.41, 5.74) is 13.1. The Morgan fingerprint density at radius 3 is 1.86 bits per heavy atom. The lowest BCUT2D eigenvalue weighted by Gasteiger charge is -2.14. The van der Waals surface area contributed by atoms with Crippen LogP contribution < -0.4 is 16.9 Å². The van der Waals surface area contributed by atoms with E-state index in [0.29, 0.717) is 13.3 Å². The molecule has 0 radical (unpaired) electrons. The van der Waals surface area contributed by atoms with Gasteiger partial charge in [-0.05, 0) is 7.05 Å².